The number of aliphatic hydroxyl groups excluding tert-OH is 1. The number of rotatable bonds is 6. The SMILES string of the molecule is Cc1nn(C)cc1C(=O)NCC(O)c1cccc(OC(F)F)c1. The molecule has 0 bridgehead atoms. The molecule has 1 aromatic carbocycles. The van der Waals surface area contributed by atoms with E-state index in [0.29, 0.717) is 16.8 Å². The summed E-state index contributed by atoms with van der Waals surface area (Å²) in [6.45, 7) is -1.29. The van der Waals surface area contributed by atoms with Crippen LogP contribution in [0.2, 0.25) is 0 Å². The largest absolute Gasteiger partial charge is 0.435 e. The molecule has 1 atom stereocenters. The van der Waals surface area contributed by atoms with Gasteiger partial charge in [0.2, 0.25) is 0 Å². The molecule has 0 aliphatic heterocycles. The topological polar surface area (TPSA) is 76.4 Å². The van der Waals surface area contributed by atoms with Crippen molar-refractivity contribution >= 4 is 5.91 Å². The maximum absolute atomic E-state index is 12.2. The number of carbonyl (C=O) groups excluding carboxylic acids is 1. The Morgan fingerprint density at radius 2 is 2.22 bits per heavy atom. The molecular weight excluding hydrogens is 308 g/mol. The van der Waals surface area contributed by atoms with Crippen LogP contribution in [0.15, 0.2) is 30.5 Å². The zero-order valence-electron chi connectivity index (χ0n) is 12.7. The Labute approximate surface area is 131 Å². The van der Waals surface area contributed by atoms with E-state index in [1.165, 1.54) is 22.9 Å². The number of nitrogens with one attached hydrogen (secondary N) is 1. The number of hydrogen-bond acceptors (Lipinski definition) is 4. The van der Waals surface area contributed by atoms with Gasteiger partial charge < -0.3 is 15.2 Å². The number of benzene rings is 1. The number of halogens is 2. The first kappa shape index (κ1) is 16.9. The highest BCUT2D eigenvalue weighted by Crippen LogP contribution is 2.20. The molecule has 0 fully saturated rings. The van der Waals surface area contributed by atoms with Gasteiger partial charge in [-0.15, -0.1) is 0 Å². The fourth-order valence-electron chi connectivity index (χ4n) is 2.12. The van der Waals surface area contributed by atoms with E-state index in [1.807, 2.05) is 0 Å². The van der Waals surface area contributed by atoms with E-state index in [1.54, 1.807) is 26.2 Å². The van der Waals surface area contributed by atoms with E-state index >= 15 is 0 Å². The van der Waals surface area contributed by atoms with Crippen molar-refractivity contribution in [1.82, 2.24) is 15.1 Å². The van der Waals surface area contributed by atoms with Crippen molar-refractivity contribution in [3.63, 3.8) is 0 Å². The zero-order chi connectivity index (χ0) is 17.0. The van der Waals surface area contributed by atoms with Gasteiger partial charge >= 0.3 is 6.61 Å². The molecular formula is C15H17F2N3O3. The Kier molecular flexibility index (Phi) is 5.28. The number of hydrogen-bond donors (Lipinski definition) is 2. The molecule has 2 aromatic rings. The van der Waals surface area contributed by atoms with Gasteiger partial charge in [0.25, 0.3) is 5.91 Å². The van der Waals surface area contributed by atoms with Crippen molar-refractivity contribution in [3.8, 4) is 5.75 Å². The van der Waals surface area contributed by atoms with Gasteiger partial charge in [-0.2, -0.15) is 13.9 Å². The molecule has 0 spiro atoms. The van der Waals surface area contributed by atoms with Gasteiger partial charge in [0.05, 0.1) is 17.4 Å². The summed E-state index contributed by atoms with van der Waals surface area (Å²) in [5.41, 5.74) is 1.35. The highest BCUT2D eigenvalue weighted by atomic mass is 19.3. The summed E-state index contributed by atoms with van der Waals surface area (Å²) in [7, 11) is 1.70. The van der Waals surface area contributed by atoms with Crippen LogP contribution in [0.4, 0.5) is 8.78 Å². The Bertz CT molecular complexity index is 688. The first-order chi connectivity index (χ1) is 10.9. The maximum atomic E-state index is 12.2. The smallest absolute Gasteiger partial charge is 0.387 e. The minimum atomic E-state index is -2.93. The Morgan fingerprint density at radius 1 is 1.48 bits per heavy atom. The quantitative estimate of drug-likeness (QED) is 0.849. The van der Waals surface area contributed by atoms with Crippen LogP contribution in [0.3, 0.4) is 0 Å². The minimum absolute atomic E-state index is 0.0500. The summed E-state index contributed by atoms with van der Waals surface area (Å²) >= 11 is 0. The van der Waals surface area contributed by atoms with Crippen molar-refractivity contribution in [2.75, 3.05) is 6.54 Å². The molecule has 0 saturated heterocycles. The third-order valence-electron chi connectivity index (χ3n) is 3.18. The fourth-order valence-corrected chi connectivity index (χ4v) is 2.12. The predicted octanol–water partition coefficient (Wildman–Crippen LogP) is 1.79. The lowest BCUT2D eigenvalue weighted by Gasteiger charge is -2.13. The van der Waals surface area contributed by atoms with Crippen molar-refractivity contribution < 1.29 is 23.4 Å². The number of aliphatic hydroxyl groups is 1. The molecule has 0 radical (unpaired) electrons. The lowest BCUT2D eigenvalue weighted by molar-refractivity contribution is -0.0499. The molecule has 8 heteroatoms. The molecule has 2 rings (SSSR count). The van der Waals surface area contributed by atoms with Gasteiger partial charge in [0.1, 0.15) is 5.75 Å². The molecule has 0 aliphatic carbocycles. The van der Waals surface area contributed by atoms with E-state index in [4.69, 9.17) is 0 Å². The number of nitrogens with zero attached hydrogens (tertiary/aromatic N) is 2. The molecule has 6 nitrogen and oxygen atoms in total. The number of aromatic nitrogens is 2. The highest BCUT2D eigenvalue weighted by molar-refractivity contribution is 5.95. The van der Waals surface area contributed by atoms with E-state index in [0.717, 1.165) is 0 Å². The van der Waals surface area contributed by atoms with E-state index in [2.05, 4.69) is 15.2 Å². The van der Waals surface area contributed by atoms with Crippen molar-refractivity contribution in [1.29, 1.82) is 0 Å². The van der Waals surface area contributed by atoms with Gasteiger partial charge in [0.15, 0.2) is 0 Å². The normalized spacial score (nSPS) is 12.3. The molecule has 0 saturated carbocycles. The second kappa shape index (κ2) is 7.19. The highest BCUT2D eigenvalue weighted by Gasteiger charge is 2.15. The summed E-state index contributed by atoms with van der Waals surface area (Å²) < 4.78 is 30.2. The summed E-state index contributed by atoms with van der Waals surface area (Å²) in [6, 6.07) is 5.71. The monoisotopic (exact) mass is 325 g/mol. The van der Waals surface area contributed by atoms with E-state index in [-0.39, 0.29) is 18.2 Å². The van der Waals surface area contributed by atoms with Crippen LogP contribution in [-0.2, 0) is 7.05 Å². The van der Waals surface area contributed by atoms with Crippen LogP contribution in [0.5, 0.6) is 5.75 Å². The van der Waals surface area contributed by atoms with Crippen molar-refractivity contribution in [2.45, 2.75) is 19.6 Å². The first-order valence-corrected chi connectivity index (χ1v) is 6.88. The number of ether oxygens (including phenoxy) is 1. The van der Waals surface area contributed by atoms with Crippen molar-refractivity contribution in [3.05, 3.63) is 47.3 Å². The molecule has 1 unspecified atom stereocenters. The van der Waals surface area contributed by atoms with Crippen LogP contribution in [0.1, 0.15) is 27.7 Å². The van der Waals surface area contributed by atoms with E-state index < -0.39 is 12.7 Å². The van der Waals surface area contributed by atoms with Gasteiger partial charge in [-0.3, -0.25) is 9.48 Å². The Morgan fingerprint density at radius 3 is 2.83 bits per heavy atom. The Hall–Kier alpha value is -2.48. The standard InChI is InChI=1S/C15H17F2N3O3/c1-9-12(8-20(2)19-9)14(22)18-7-13(21)10-4-3-5-11(6-10)23-15(16)17/h3-6,8,13,15,21H,7H2,1-2H3,(H,18,22). The molecule has 124 valence electrons. The maximum Gasteiger partial charge on any atom is 0.387 e. The predicted molar refractivity (Wildman–Crippen MR) is 78.3 cm³/mol. The number of alkyl halides is 2. The molecule has 0 aliphatic rings. The average molecular weight is 325 g/mol. The van der Waals surface area contributed by atoms with E-state index in [9.17, 15) is 18.7 Å². The second-order valence-corrected chi connectivity index (χ2v) is 4.98. The zero-order valence-corrected chi connectivity index (χ0v) is 12.7. The molecule has 2 N–H and O–H groups in total. The lowest BCUT2D eigenvalue weighted by atomic mass is 10.1. The fraction of sp³-hybridized carbons (Fsp3) is 0.333. The van der Waals surface area contributed by atoms with Crippen LogP contribution in [0, 0.1) is 6.92 Å². The van der Waals surface area contributed by atoms with Gasteiger partial charge in [-0.1, -0.05) is 12.1 Å². The third-order valence-corrected chi connectivity index (χ3v) is 3.18. The summed E-state index contributed by atoms with van der Waals surface area (Å²) in [4.78, 5) is 12.0. The van der Waals surface area contributed by atoms with Crippen LogP contribution < -0.4 is 10.1 Å². The molecule has 1 aromatic heterocycles. The van der Waals surface area contributed by atoms with Gasteiger partial charge in [-0.25, -0.2) is 0 Å². The summed E-state index contributed by atoms with van der Waals surface area (Å²) in [6.07, 6.45) is 0.533. The summed E-state index contributed by atoms with van der Waals surface area (Å²) in [5, 5.41) is 16.7. The minimum Gasteiger partial charge on any atom is -0.435 e. The number of carbonyl (C=O) groups is 1. The van der Waals surface area contributed by atoms with Crippen molar-refractivity contribution in [2.24, 2.45) is 7.05 Å². The van der Waals surface area contributed by atoms with Gasteiger partial charge in [-0.05, 0) is 24.6 Å². The molecule has 23 heavy (non-hydrogen) atoms. The molecule has 1 heterocycles. The Balaban J connectivity index is 1.98. The van der Waals surface area contributed by atoms with Crippen LogP contribution in [0.25, 0.3) is 0 Å². The van der Waals surface area contributed by atoms with Gasteiger partial charge in [0, 0.05) is 19.8 Å². The molecule has 1 amide bonds. The number of aryl methyl sites for hydroxylation is 2. The lowest BCUT2D eigenvalue weighted by Crippen LogP contribution is -2.28. The van der Waals surface area contributed by atoms with Crippen LogP contribution in [-0.4, -0.2) is 34.0 Å². The summed E-state index contributed by atoms with van der Waals surface area (Å²) in [5.74, 6) is -0.416. The number of amides is 1. The average Bonchev–Trinajstić information content (AvgIpc) is 2.83. The van der Waals surface area contributed by atoms with Crippen LogP contribution >= 0.6 is 0 Å². The first-order valence-electron chi connectivity index (χ1n) is 6.88. The third kappa shape index (κ3) is 4.49. The second-order valence-electron chi connectivity index (χ2n) is 4.98.